The van der Waals surface area contributed by atoms with Crippen LogP contribution in [0.15, 0.2) is 30.3 Å². The van der Waals surface area contributed by atoms with Gasteiger partial charge in [0, 0.05) is 24.6 Å². The molecule has 2 atom stereocenters. The summed E-state index contributed by atoms with van der Waals surface area (Å²) >= 11 is 0. The van der Waals surface area contributed by atoms with Gasteiger partial charge >= 0.3 is 0 Å². The Bertz CT molecular complexity index is 399. The summed E-state index contributed by atoms with van der Waals surface area (Å²) in [5.74, 6) is 0.613. The fourth-order valence-electron chi connectivity index (χ4n) is 2.87. The summed E-state index contributed by atoms with van der Waals surface area (Å²) in [7, 11) is 0. The van der Waals surface area contributed by atoms with E-state index >= 15 is 0 Å². The molecule has 1 aromatic rings. The Labute approximate surface area is 123 Å². The van der Waals surface area contributed by atoms with Gasteiger partial charge in [-0.3, -0.25) is 0 Å². The van der Waals surface area contributed by atoms with Gasteiger partial charge in [0.15, 0.2) is 0 Å². The first-order valence-electron chi connectivity index (χ1n) is 7.89. The Morgan fingerprint density at radius 2 is 1.95 bits per heavy atom. The van der Waals surface area contributed by atoms with E-state index < -0.39 is 0 Å². The van der Waals surface area contributed by atoms with E-state index in [1.165, 1.54) is 5.56 Å². The maximum atomic E-state index is 5.85. The van der Waals surface area contributed by atoms with Crippen LogP contribution in [-0.2, 0) is 10.2 Å². The second-order valence-corrected chi connectivity index (χ2v) is 7.01. The van der Waals surface area contributed by atoms with Crippen LogP contribution >= 0.6 is 0 Å². The first-order chi connectivity index (χ1) is 9.49. The molecule has 1 N–H and O–H groups in total. The highest BCUT2D eigenvalue weighted by Crippen LogP contribution is 2.24. The third-order valence-electron chi connectivity index (χ3n) is 4.45. The molecule has 0 amide bonds. The molecule has 1 aromatic carbocycles. The summed E-state index contributed by atoms with van der Waals surface area (Å²) in [5.41, 5.74) is 1.58. The zero-order valence-electron chi connectivity index (χ0n) is 13.4. The van der Waals surface area contributed by atoms with E-state index in [-0.39, 0.29) is 5.41 Å². The quantitative estimate of drug-likeness (QED) is 0.883. The molecule has 2 rings (SSSR count). The zero-order valence-corrected chi connectivity index (χ0v) is 13.4. The van der Waals surface area contributed by atoms with Gasteiger partial charge in [-0.1, -0.05) is 58.0 Å². The van der Waals surface area contributed by atoms with Crippen LogP contribution in [0.2, 0.25) is 0 Å². The molecule has 0 aliphatic carbocycles. The lowest BCUT2D eigenvalue weighted by atomic mass is 9.84. The van der Waals surface area contributed by atoms with Crippen LogP contribution in [0.4, 0.5) is 0 Å². The van der Waals surface area contributed by atoms with Gasteiger partial charge in [0.25, 0.3) is 0 Å². The average Bonchev–Trinajstić information content (AvgIpc) is 2.46. The molecule has 0 aromatic heterocycles. The second kappa shape index (κ2) is 6.73. The molecule has 20 heavy (non-hydrogen) atoms. The number of hydrogen-bond donors (Lipinski definition) is 1. The molecule has 0 spiro atoms. The van der Waals surface area contributed by atoms with Crippen molar-refractivity contribution >= 4 is 0 Å². The largest absolute Gasteiger partial charge is 0.378 e. The van der Waals surface area contributed by atoms with Crippen LogP contribution in [0.5, 0.6) is 0 Å². The van der Waals surface area contributed by atoms with Crippen molar-refractivity contribution in [3.63, 3.8) is 0 Å². The van der Waals surface area contributed by atoms with Gasteiger partial charge in [-0.25, -0.2) is 0 Å². The van der Waals surface area contributed by atoms with Crippen molar-refractivity contribution < 1.29 is 4.74 Å². The van der Waals surface area contributed by atoms with Gasteiger partial charge in [0.1, 0.15) is 0 Å². The molecule has 2 unspecified atom stereocenters. The number of rotatable bonds is 5. The number of hydrogen-bond acceptors (Lipinski definition) is 2. The lowest BCUT2D eigenvalue weighted by molar-refractivity contribution is -0.0248. The number of nitrogens with one attached hydrogen (secondary N) is 1. The van der Waals surface area contributed by atoms with E-state index in [1.807, 2.05) is 0 Å². The third-order valence-corrected chi connectivity index (χ3v) is 4.45. The molecule has 1 aliphatic rings. The highest BCUT2D eigenvalue weighted by molar-refractivity contribution is 5.23. The standard InChI is InChI=1S/C18H29NO/c1-14(2)17-12-16(10-11-20-17)19-13-18(3,4)15-8-6-5-7-9-15/h5-9,14,16-17,19H,10-13H2,1-4H3. The predicted molar refractivity (Wildman–Crippen MR) is 85.1 cm³/mol. The predicted octanol–water partition coefficient (Wildman–Crippen LogP) is 3.76. The highest BCUT2D eigenvalue weighted by Gasteiger charge is 2.27. The molecule has 0 bridgehead atoms. The lowest BCUT2D eigenvalue weighted by Gasteiger charge is -2.35. The van der Waals surface area contributed by atoms with E-state index in [4.69, 9.17) is 4.74 Å². The molecular formula is C18H29NO. The molecule has 2 heteroatoms. The summed E-state index contributed by atoms with van der Waals surface area (Å²) in [4.78, 5) is 0. The zero-order chi connectivity index (χ0) is 14.6. The van der Waals surface area contributed by atoms with Gasteiger partial charge in [-0.15, -0.1) is 0 Å². The van der Waals surface area contributed by atoms with Crippen LogP contribution in [-0.4, -0.2) is 25.3 Å². The maximum absolute atomic E-state index is 5.85. The van der Waals surface area contributed by atoms with Crippen LogP contribution in [0.25, 0.3) is 0 Å². The summed E-state index contributed by atoms with van der Waals surface area (Å²) in [6, 6.07) is 11.4. The Hall–Kier alpha value is -0.860. The van der Waals surface area contributed by atoms with Crippen molar-refractivity contribution in [1.82, 2.24) is 5.32 Å². The van der Waals surface area contributed by atoms with E-state index in [1.54, 1.807) is 0 Å². The van der Waals surface area contributed by atoms with Crippen molar-refractivity contribution in [1.29, 1.82) is 0 Å². The first kappa shape index (κ1) is 15.5. The Kier molecular flexibility index (Phi) is 5.22. The van der Waals surface area contributed by atoms with Gasteiger partial charge < -0.3 is 10.1 Å². The smallest absolute Gasteiger partial charge is 0.0612 e. The summed E-state index contributed by atoms with van der Waals surface area (Å²) in [6.07, 6.45) is 2.69. The molecule has 1 fully saturated rings. The van der Waals surface area contributed by atoms with Gasteiger partial charge in [-0.2, -0.15) is 0 Å². The molecule has 1 heterocycles. The van der Waals surface area contributed by atoms with E-state index in [0.29, 0.717) is 18.1 Å². The second-order valence-electron chi connectivity index (χ2n) is 7.01. The maximum Gasteiger partial charge on any atom is 0.0612 e. The van der Waals surface area contributed by atoms with E-state index in [9.17, 15) is 0 Å². The molecule has 112 valence electrons. The summed E-state index contributed by atoms with van der Waals surface area (Å²) < 4.78 is 5.85. The average molecular weight is 275 g/mol. The van der Waals surface area contributed by atoms with Crippen molar-refractivity contribution in [3.8, 4) is 0 Å². The Balaban J connectivity index is 1.88. The monoisotopic (exact) mass is 275 g/mol. The van der Waals surface area contributed by atoms with Crippen molar-refractivity contribution in [2.45, 2.75) is 58.1 Å². The first-order valence-corrected chi connectivity index (χ1v) is 7.89. The van der Waals surface area contributed by atoms with Gasteiger partial charge in [-0.05, 0) is 24.3 Å². The molecular weight excluding hydrogens is 246 g/mol. The minimum absolute atomic E-state index is 0.174. The number of benzene rings is 1. The van der Waals surface area contributed by atoms with E-state index in [2.05, 4.69) is 63.3 Å². The fourth-order valence-corrected chi connectivity index (χ4v) is 2.87. The number of ether oxygens (including phenoxy) is 1. The van der Waals surface area contributed by atoms with Crippen molar-refractivity contribution in [2.24, 2.45) is 5.92 Å². The molecule has 1 aliphatic heterocycles. The lowest BCUT2D eigenvalue weighted by Crippen LogP contribution is -2.45. The molecule has 2 nitrogen and oxygen atoms in total. The minimum atomic E-state index is 0.174. The Morgan fingerprint density at radius 1 is 1.25 bits per heavy atom. The molecule has 0 radical (unpaired) electrons. The van der Waals surface area contributed by atoms with Gasteiger partial charge in [0.05, 0.1) is 6.10 Å². The highest BCUT2D eigenvalue weighted by atomic mass is 16.5. The van der Waals surface area contributed by atoms with Crippen LogP contribution < -0.4 is 5.32 Å². The Morgan fingerprint density at radius 3 is 2.60 bits per heavy atom. The summed E-state index contributed by atoms with van der Waals surface area (Å²) in [5, 5.41) is 3.77. The van der Waals surface area contributed by atoms with E-state index in [0.717, 1.165) is 26.0 Å². The van der Waals surface area contributed by atoms with Crippen LogP contribution in [0.3, 0.4) is 0 Å². The SMILES string of the molecule is CC(C)C1CC(NCC(C)(C)c2ccccc2)CCO1. The van der Waals surface area contributed by atoms with Crippen LogP contribution in [0, 0.1) is 5.92 Å². The van der Waals surface area contributed by atoms with Gasteiger partial charge in [0.2, 0.25) is 0 Å². The molecule has 1 saturated heterocycles. The molecule has 0 saturated carbocycles. The fraction of sp³-hybridized carbons (Fsp3) is 0.667. The normalized spacial score (nSPS) is 24.1. The summed E-state index contributed by atoms with van der Waals surface area (Å²) in [6.45, 7) is 11.0. The van der Waals surface area contributed by atoms with Crippen LogP contribution in [0.1, 0.15) is 46.1 Å². The topological polar surface area (TPSA) is 21.3 Å². The minimum Gasteiger partial charge on any atom is -0.378 e. The third kappa shape index (κ3) is 4.07. The van der Waals surface area contributed by atoms with Crippen molar-refractivity contribution in [3.05, 3.63) is 35.9 Å². The van der Waals surface area contributed by atoms with Crippen molar-refractivity contribution in [2.75, 3.05) is 13.2 Å².